The highest BCUT2D eigenvalue weighted by Crippen LogP contribution is 2.51. The van der Waals surface area contributed by atoms with Crippen LogP contribution in [0.4, 0.5) is 5.82 Å². The van der Waals surface area contributed by atoms with Crippen LogP contribution in [0.2, 0.25) is 0 Å². The van der Waals surface area contributed by atoms with Crippen LogP contribution in [-0.2, 0) is 11.8 Å². The summed E-state index contributed by atoms with van der Waals surface area (Å²) >= 11 is 0. The van der Waals surface area contributed by atoms with E-state index in [1.54, 1.807) is 24.0 Å². The number of piperidine rings is 1. The Balaban J connectivity index is 1.73. The average Bonchev–Trinajstić information content (AvgIpc) is 2.50. The van der Waals surface area contributed by atoms with E-state index in [4.69, 9.17) is 4.74 Å². The van der Waals surface area contributed by atoms with Gasteiger partial charge in [0.05, 0.1) is 12.2 Å². The first-order valence-corrected chi connectivity index (χ1v) is 7.64. The molecule has 3 rings (SSSR count). The Morgan fingerprint density at radius 3 is 2.81 bits per heavy atom. The highest BCUT2D eigenvalue weighted by atomic mass is 16.5. The zero-order valence-electron chi connectivity index (χ0n) is 12.7. The minimum absolute atomic E-state index is 0.0658. The highest BCUT2D eigenvalue weighted by Gasteiger charge is 2.56. The molecular weight excluding hydrogens is 270 g/mol. The van der Waals surface area contributed by atoms with Crippen molar-refractivity contribution in [2.75, 3.05) is 24.6 Å². The third-order valence-electron chi connectivity index (χ3n) is 5.10. The summed E-state index contributed by atoms with van der Waals surface area (Å²) < 4.78 is 7.31. The smallest absolute Gasteiger partial charge is 0.293 e. The monoisotopic (exact) mass is 293 g/mol. The van der Waals surface area contributed by atoms with Gasteiger partial charge in [-0.1, -0.05) is 0 Å². The molecule has 2 unspecified atom stereocenters. The molecule has 1 saturated carbocycles. The number of hydrogen-bond acceptors (Lipinski definition) is 5. The van der Waals surface area contributed by atoms with Gasteiger partial charge in [0.2, 0.25) is 0 Å². The summed E-state index contributed by atoms with van der Waals surface area (Å²) in [6.45, 7) is 4.16. The van der Waals surface area contributed by atoms with Crippen molar-refractivity contribution in [2.45, 2.75) is 38.4 Å². The molecule has 2 fully saturated rings. The first kappa shape index (κ1) is 14.5. The molecule has 2 aliphatic rings. The van der Waals surface area contributed by atoms with Gasteiger partial charge in [0.15, 0.2) is 5.82 Å². The maximum absolute atomic E-state index is 12.1. The summed E-state index contributed by atoms with van der Waals surface area (Å²) in [7, 11) is 1.74. The Labute approximate surface area is 124 Å². The van der Waals surface area contributed by atoms with Gasteiger partial charge < -0.3 is 19.3 Å². The molecule has 6 heteroatoms. The number of aliphatic hydroxyl groups excluding tert-OH is 1. The largest absolute Gasteiger partial charge is 0.392 e. The topological polar surface area (TPSA) is 67.6 Å². The van der Waals surface area contributed by atoms with Gasteiger partial charge in [-0.2, -0.15) is 0 Å². The van der Waals surface area contributed by atoms with Gasteiger partial charge in [0.25, 0.3) is 5.56 Å². The fourth-order valence-electron chi connectivity index (χ4n) is 3.65. The summed E-state index contributed by atoms with van der Waals surface area (Å²) in [6, 6.07) is 0. The van der Waals surface area contributed by atoms with E-state index < -0.39 is 0 Å². The fraction of sp³-hybridized carbons (Fsp3) is 0.733. The Morgan fingerprint density at radius 1 is 1.48 bits per heavy atom. The van der Waals surface area contributed by atoms with Crippen LogP contribution in [0.25, 0.3) is 0 Å². The van der Waals surface area contributed by atoms with E-state index in [9.17, 15) is 9.90 Å². The number of nitrogens with zero attached hydrogens (tertiary/aromatic N) is 3. The molecule has 0 aromatic carbocycles. The molecule has 1 aromatic heterocycles. The van der Waals surface area contributed by atoms with Crippen LogP contribution in [0.5, 0.6) is 0 Å². The van der Waals surface area contributed by atoms with Gasteiger partial charge in [-0.15, -0.1) is 0 Å². The van der Waals surface area contributed by atoms with Gasteiger partial charge in [-0.3, -0.25) is 4.79 Å². The van der Waals surface area contributed by atoms with Gasteiger partial charge >= 0.3 is 0 Å². The molecule has 1 N–H and O–H groups in total. The lowest BCUT2D eigenvalue weighted by Gasteiger charge is -2.56. The predicted molar refractivity (Wildman–Crippen MR) is 79.4 cm³/mol. The Bertz CT molecular complexity index is 562. The van der Waals surface area contributed by atoms with Crippen molar-refractivity contribution in [3.05, 3.63) is 22.7 Å². The molecule has 1 saturated heterocycles. The molecule has 0 radical (unpaired) electrons. The van der Waals surface area contributed by atoms with Crippen molar-refractivity contribution in [3.8, 4) is 0 Å². The van der Waals surface area contributed by atoms with Crippen molar-refractivity contribution >= 4 is 5.82 Å². The van der Waals surface area contributed by atoms with Crippen molar-refractivity contribution < 1.29 is 9.84 Å². The minimum atomic E-state index is -0.275. The summed E-state index contributed by atoms with van der Waals surface area (Å²) in [6.07, 6.45) is 5.63. The van der Waals surface area contributed by atoms with E-state index in [0.29, 0.717) is 12.4 Å². The van der Waals surface area contributed by atoms with E-state index in [0.717, 1.165) is 32.4 Å². The first-order chi connectivity index (χ1) is 10.1. The van der Waals surface area contributed by atoms with Crippen molar-refractivity contribution in [2.24, 2.45) is 12.5 Å². The molecule has 1 aliphatic carbocycles. The van der Waals surface area contributed by atoms with Crippen molar-refractivity contribution in [1.29, 1.82) is 0 Å². The Morgan fingerprint density at radius 2 is 2.19 bits per heavy atom. The second-order valence-corrected chi connectivity index (χ2v) is 6.08. The van der Waals surface area contributed by atoms with E-state index in [1.807, 2.05) is 11.8 Å². The molecule has 0 amide bonds. The second-order valence-electron chi connectivity index (χ2n) is 6.08. The summed E-state index contributed by atoms with van der Waals surface area (Å²) in [5.74, 6) is 0.511. The highest BCUT2D eigenvalue weighted by molar-refractivity contribution is 5.37. The molecule has 1 aromatic rings. The number of aryl methyl sites for hydroxylation is 1. The Kier molecular flexibility index (Phi) is 3.75. The van der Waals surface area contributed by atoms with Crippen LogP contribution in [0.3, 0.4) is 0 Å². The molecular formula is C15H23N3O3. The van der Waals surface area contributed by atoms with Crippen LogP contribution in [-0.4, -0.2) is 46.6 Å². The zero-order chi connectivity index (χ0) is 15.0. The predicted octanol–water partition coefficient (Wildman–Crippen LogP) is 0.537. The fourth-order valence-corrected chi connectivity index (χ4v) is 3.65. The van der Waals surface area contributed by atoms with Gasteiger partial charge in [-0.25, -0.2) is 4.98 Å². The molecule has 1 aliphatic heterocycles. The quantitative estimate of drug-likeness (QED) is 0.881. The number of hydrogen-bond donors (Lipinski definition) is 1. The number of anilines is 1. The molecule has 0 bridgehead atoms. The second kappa shape index (κ2) is 5.42. The number of ether oxygens (including phenoxy) is 1. The normalized spacial score (nSPS) is 27.7. The summed E-state index contributed by atoms with van der Waals surface area (Å²) in [5, 5.41) is 10.2. The molecule has 2 atom stereocenters. The molecule has 2 heterocycles. The maximum atomic E-state index is 12.1. The van der Waals surface area contributed by atoms with Crippen LogP contribution in [0.1, 0.15) is 26.2 Å². The number of aromatic nitrogens is 2. The standard InChI is InChI=1S/C15H23N3O3/c1-3-21-12-10-11(19)15(12)4-7-18(8-5-15)13-14(20)17(2)9-6-16-13/h6,9,11-12,19H,3-5,7-8,10H2,1-2H3. The van der Waals surface area contributed by atoms with E-state index >= 15 is 0 Å². The molecule has 21 heavy (non-hydrogen) atoms. The van der Waals surface area contributed by atoms with E-state index in [1.165, 1.54) is 0 Å². The van der Waals surface area contributed by atoms with Gasteiger partial charge in [0, 0.05) is 51.0 Å². The number of rotatable bonds is 3. The summed E-state index contributed by atoms with van der Waals surface area (Å²) in [5.41, 5.74) is -0.184. The Hall–Kier alpha value is -1.40. The van der Waals surface area contributed by atoms with Crippen molar-refractivity contribution in [1.82, 2.24) is 9.55 Å². The number of aliphatic hydroxyl groups is 1. The lowest BCUT2D eigenvalue weighted by Crippen LogP contribution is -2.62. The third-order valence-corrected chi connectivity index (χ3v) is 5.10. The average molecular weight is 293 g/mol. The third kappa shape index (κ3) is 2.26. The van der Waals surface area contributed by atoms with Crippen LogP contribution >= 0.6 is 0 Å². The van der Waals surface area contributed by atoms with E-state index in [2.05, 4.69) is 4.98 Å². The molecule has 116 valence electrons. The molecule has 6 nitrogen and oxygen atoms in total. The van der Waals surface area contributed by atoms with E-state index in [-0.39, 0.29) is 23.2 Å². The SMILES string of the molecule is CCOC1CC(O)C12CCN(c1nccn(C)c1=O)CC2. The van der Waals surface area contributed by atoms with Gasteiger partial charge in [0.1, 0.15) is 0 Å². The summed E-state index contributed by atoms with van der Waals surface area (Å²) in [4.78, 5) is 18.4. The lowest BCUT2D eigenvalue weighted by atomic mass is 9.58. The van der Waals surface area contributed by atoms with Gasteiger partial charge in [-0.05, 0) is 19.8 Å². The van der Waals surface area contributed by atoms with Crippen LogP contribution in [0, 0.1) is 5.41 Å². The lowest BCUT2D eigenvalue weighted by molar-refractivity contribution is -0.199. The van der Waals surface area contributed by atoms with Crippen molar-refractivity contribution in [3.63, 3.8) is 0 Å². The molecule has 1 spiro atoms. The zero-order valence-corrected chi connectivity index (χ0v) is 12.7. The minimum Gasteiger partial charge on any atom is -0.392 e. The maximum Gasteiger partial charge on any atom is 0.293 e. The first-order valence-electron chi connectivity index (χ1n) is 7.64. The van der Waals surface area contributed by atoms with Crippen LogP contribution < -0.4 is 10.5 Å². The van der Waals surface area contributed by atoms with Crippen LogP contribution in [0.15, 0.2) is 17.2 Å².